The Morgan fingerprint density at radius 3 is 2.55 bits per heavy atom. The third kappa shape index (κ3) is 3.02. The molecule has 0 spiro atoms. The minimum Gasteiger partial charge on any atom is -0.491 e. The molecule has 1 heterocycles. The van der Waals surface area contributed by atoms with Crippen LogP contribution in [-0.4, -0.2) is 15.7 Å². The number of halogens is 1. The number of hydrogen-bond acceptors (Lipinski definition) is 3. The molecule has 0 aliphatic heterocycles. The van der Waals surface area contributed by atoms with Crippen LogP contribution in [-0.2, 0) is 13.5 Å². The number of aromatic nitrogens is 2. The predicted molar refractivity (Wildman–Crippen MR) is 81.4 cm³/mol. The smallest absolute Gasteiger partial charge is 0.141 e. The molecular formula is C15H16BrN3O. The average Bonchev–Trinajstić information content (AvgIpc) is 2.67. The minimum absolute atomic E-state index is 0.158. The van der Waals surface area contributed by atoms with Gasteiger partial charge in [0.1, 0.15) is 16.2 Å². The molecule has 2 rings (SSSR count). The topological polar surface area (TPSA) is 50.8 Å². The summed E-state index contributed by atoms with van der Waals surface area (Å²) in [4.78, 5) is 4.48. The van der Waals surface area contributed by atoms with Gasteiger partial charge < -0.3 is 9.30 Å². The summed E-state index contributed by atoms with van der Waals surface area (Å²) in [6.45, 7) is 4.00. The lowest BCUT2D eigenvalue weighted by molar-refractivity contribution is 0.242. The molecule has 5 heteroatoms. The van der Waals surface area contributed by atoms with Crippen molar-refractivity contribution in [2.45, 2.75) is 26.4 Å². The van der Waals surface area contributed by atoms with Crippen molar-refractivity contribution in [1.29, 1.82) is 5.26 Å². The van der Waals surface area contributed by atoms with Crippen LogP contribution < -0.4 is 4.74 Å². The van der Waals surface area contributed by atoms with Crippen molar-refractivity contribution in [3.8, 4) is 23.2 Å². The predicted octanol–water partition coefficient (Wildman–Crippen LogP) is 3.70. The molecule has 0 bridgehead atoms. The van der Waals surface area contributed by atoms with Crippen molar-refractivity contribution in [3.63, 3.8) is 0 Å². The maximum absolute atomic E-state index is 8.84. The van der Waals surface area contributed by atoms with Gasteiger partial charge in [-0.1, -0.05) is 0 Å². The first-order valence-corrected chi connectivity index (χ1v) is 7.17. The molecule has 0 atom stereocenters. The highest BCUT2D eigenvalue weighted by molar-refractivity contribution is 9.10. The maximum atomic E-state index is 8.84. The Hall–Kier alpha value is -1.80. The van der Waals surface area contributed by atoms with Crippen molar-refractivity contribution >= 4 is 15.9 Å². The summed E-state index contributed by atoms with van der Waals surface area (Å²) < 4.78 is 8.28. The van der Waals surface area contributed by atoms with Crippen LogP contribution >= 0.6 is 15.9 Å². The van der Waals surface area contributed by atoms with E-state index in [1.165, 1.54) is 0 Å². The van der Waals surface area contributed by atoms with Gasteiger partial charge in [-0.15, -0.1) is 0 Å². The van der Waals surface area contributed by atoms with Crippen LogP contribution in [0, 0.1) is 11.3 Å². The van der Waals surface area contributed by atoms with E-state index in [0.717, 1.165) is 27.4 Å². The fourth-order valence-electron chi connectivity index (χ4n) is 1.98. The Morgan fingerprint density at radius 1 is 1.35 bits per heavy atom. The number of imidazole rings is 1. The van der Waals surface area contributed by atoms with Crippen molar-refractivity contribution in [1.82, 2.24) is 9.55 Å². The Morgan fingerprint density at radius 2 is 2.00 bits per heavy atom. The maximum Gasteiger partial charge on any atom is 0.141 e. The fourth-order valence-corrected chi connectivity index (χ4v) is 2.55. The van der Waals surface area contributed by atoms with Crippen LogP contribution in [0.1, 0.15) is 19.5 Å². The van der Waals surface area contributed by atoms with E-state index in [0.29, 0.717) is 6.42 Å². The number of ether oxygens (including phenoxy) is 1. The molecule has 0 unspecified atom stereocenters. The molecule has 0 saturated heterocycles. The Bertz CT molecular complexity index is 638. The number of hydrogen-bond donors (Lipinski definition) is 0. The third-order valence-electron chi connectivity index (χ3n) is 2.90. The second-order valence-electron chi connectivity index (χ2n) is 4.76. The van der Waals surface area contributed by atoms with E-state index in [2.05, 4.69) is 27.0 Å². The Balaban J connectivity index is 2.33. The van der Waals surface area contributed by atoms with E-state index in [1.54, 1.807) is 0 Å². The zero-order chi connectivity index (χ0) is 14.7. The van der Waals surface area contributed by atoms with Crippen LogP contribution in [0.15, 0.2) is 28.9 Å². The van der Waals surface area contributed by atoms with Gasteiger partial charge in [-0.3, -0.25) is 0 Å². The van der Waals surface area contributed by atoms with Gasteiger partial charge in [-0.05, 0) is 54.0 Å². The molecule has 1 aromatic heterocycles. The molecule has 1 aromatic carbocycles. The Kier molecular flexibility index (Phi) is 4.46. The first kappa shape index (κ1) is 14.6. The van der Waals surface area contributed by atoms with Gasteiger partial charge in [-0.25, -0.2) is 4.98 Å². The first-order valence-electron chi connectivity index (χ1n) is 6.38. The van der Waals surface area contributed by atoms with E-state index in [1.807, 2.05) is 49.7 Å². The van der Waals surface area contributed by atoms with Gasteiger partial charge in [0.05, 0.1) is 24.3 Å². The van der Waals surface area contributed by atoms with Gasteiger partial charge in [0.25, 0.3) is 0 Å². The second kappa shape index (κ2) is 6.10. The monoisotopic (exact) mass is 333 g/mol. The molecule has 2 aromatic rings. The van der Waals surface area contributed by atoms with Gasteiger partial charge >= 0.3 is 0 Å². The molecule has 0 aliphatic rings. The van der Waals surface area contributed by atoms with Gasteiger partial charge in [0.2, 0.25) is 0 Å². The zero-order valence-electron chi connectivity index (χ0n) is 11.7. The molecule has 0 saturated carbocycles. The number of rotatable bonds is 4. The van der Waals surface area contributed by atoms with Crippen LogP contribution in [0.2, 0.25) is 0 Å². The molecule has 4 nitrogen and oxygen atoms in total. The molecule has 104 valence electrons. The molecule has 0 amide bonds. The fraction of sp³-hybridized carbons (Fsp3) is 0.333. The quantitative estimate of drug-likeness (QED) is 0.857. The van der Waals surface area contributed by atoms with E-state index >= 15 is 0 Å². The molecule has 0 fully saturated rings. The van der Waals surface area contributed by atoms with Gasteiger partial charge in [0.15, 0.2) is 0 Å². The zero-order valence-corrected chi connectivity index (χ0v) is 13.3. The average molecular weight is 334 g/mol. The summed E-state index contributed by atoms with van der Waals surface area (Å²) in [5.41, 5.74) is 1.87. The van der Waals surface area contributed by atoms with Crippen molar-refractivity contribution < 1.29 is 4.74 Å². The van der Waals surface area contributed by atoms with E-state index in [9.17, 15) is 0 Å². The van der Waals surface area contributed by atoms with Crippen molar-refractivity contribution in [2.24, 2.45) is 7.05 Å². The summed E-state index contributed by atoms with van der Waals surface area (Å²) >= 11 is 3.41. The van der Waals surface area contributed by atoms with Crippen molar-refractivity contribution in [3.05, 3.63) is 34.6 Å². The lowest BCUT2D eigenvalue weighted by atomic mass is 10.2. The third-order valence-corrected chi connectivity index (χ3v) is 3.53. The lowest BCUT2D eigenvalue weighted by Crippen LogP contribution is -2.05. The van der Waals surface area contributed by atoms with Gasteiger partial charge in [-0.2, -0.15) is 5.26 Å². The SMILES string of the molecule is CC(C)Oc1ccc(-c2nc(Br)c(CC#N)n2C)cc1. The Labute approximate surface area is 127 Å². The van der Waals surface area contributed by atoms with Gasteiger partial charge in [0, 0.05) is 12.6 Å². The van der Waals surface area contributed by atoms with Crippen LogP contribution in [0.25, 0.3) is 11.4 Å². The number of benzene rings is 1. The standard InChI is InChI=1S/C15H16BrN3O/c1-10(2)20-12-6-4-11(5-7-12)15-18-14(16)13(8-9-17)19(15)3/h4-7,10H,8H2,1-3H3. The molecule has 0 radical (unpaired) electrons. The highest BCUT2D eigenvalue weighted by Gasteiger charge is 2.13. The van der Waals surface area contributed by atoms with E-state index in [4.69, 9.17) is 10.00 Å². The van der Waals surface area contributed by atoms with Crippen molar-refractivity contribution in [2.75, 3.05) is 0 Å². The highest BCUT2D eigenvalue weighted by Crippen LogP contribution is 2.26. The second-order valence-corrected chi connectivity index (χ2v) is 5.51. The molecule has 0 N–H and O–H groups in total. The normalized spacial score (nSPS) is 10.6. The number of nitrogens with zero attached hydrogens (tertiary/aromatic N) is 3. The summed E-state index contributed by atoms with van der Waals surface area (Å²) in [6, 6.07) is 9.96. The summed E-state index contributed by atoms with van der Waals surface area (Å²) in [6.07, 6.45) is 0.490. The molecule has 20 heavy (non-hydrogen) atoms. The van der Waals surface area contributed by atoms with E-state index in [-0.39, 0.29) is 6.10 Å². The summed E-state index contributed by atoms with van der Waals surface area (Å²) in [5.74, 6) is 1.67. The lowest BCUT2D eigenvalue weighted by Gasteiger charge is -2.10. The van der Waals surface area contributed by atoms with E-state index < -0.39 is 0 Å². The van der Waals surface area contributed by atoms with Crippen LogP contribution in [0.5, 0.6) is 5.75 Å². The largest absolute Gasteiger partial charge is 0.491 e. The molecular weight excluding hydrogens is 318 g/mol. The number of nitriles is 1. The first-order chi connectivity index (χ1) is 9.52. The van der Waals surface area contributed by atoms with Crippen LogP contribution in [0.3, 0.4) is 0 Å². The summed E-state index contributed by atoms with van der Waals surface area (Å²) in [5, 5.41) is 8.84. The summed E-state index contributed by atoms with van der Waals surface area (Å²) in [7, 11) is 1.91. The molecule has 0 aliphatic carbocycles. The minimum atomic E-state index is 0.158. The van der Waals surface area contributed by atoms with Crippen LogP contribution in [0.4, 0.5) is 0 Å². The highest BCUT2D eigenvalue weighted by atomic mass is 79.9.